The van der Waals surface area contributed by atoms with Crippen molar-refractivity contribution in [2.24, 2.45) is 0 Å². The number of imidazole rings is 1. The third kappa shape index (κ3) is 2.20. The molecule has 2 rings (SSSR count). The van der Waals surface area contributed by atoms with E-state index in [-0.39, 0.29) is 0 Å². The third-order valence-corrected chi connectivity index (χ3v) is 2.52. The molecule has 0 spiro atoms. The summed E-state index contributed by atoms with van der Waals surface area (Å²) in [5.41, 5.74) is 1.69. The third-order valence-electron chi connectivity index (χ3n) is 1.85. The number of nitrogens with one attached hydrogen (secondary N) is 2. The van der Waals surface area contributed by atoms with Crippen LogP contribution in [-0.4, -0.2) is 23.2 Å². The smallest absolute Gasteiger partial charge is 0.413 e. The van der Waals surface area contributed by atoms with Crippen LogP contribution in [0.1, 0.15) is 0 Å². The van der Waals surface area contributed by atoms with Crippen LogP contribution in [0.5, 0.6) is 0 Å². The number of amides is 1. The Morgan fingerprint density at radius 3 is 3.13 bits per heavy atom. The van der Waals surface area contributed by atoms with Crippen molar-refractivity contribution in [2.75, 3.05) is 12.4 Å². The second-order valence-corrected chi connectivity index (χ2v) is 4.11. The fraction of sp³-hybridized carbons (Fsp3) is 0.111. The summed E-state index contributed by atoms with van der Waals surface area (Å²) in [6, 6.07) is 5.78. The van der Waals surface area contributed by atoms with E-state index < -0.39 is 6.09 Å². The Hall–Kier alpha value is -1.31. The largest absolute Gasteiger partial charge is 0.453 e. The summed E-state index contributed by atoms with van der Waals surface area (Å²) in [5.74, 6) is 0.388. The summed E-state index contributed by atoms with van der Waals surface area (Å²) in [5, 5.41) is 2.47. The first-order chi connectivity index (χ1) is 7.19. The second kappa shape index (κ2) is 4.05. The summed E-state index contributed by atoms with van der Waals surface area (Å²) in [6.45, 7) is 0. The van der Waals surface area contributed by atoms with Crippen molar-refractivity contribution in [3.05, 3.63) is 21.8 Å². The molecular formula is C9H8IN3O2. The minimum absolute atomic E-state index is 0.388. The van der Waals surface area contributed by atoms with Crippen molar-refractivity contribution in [1.82, 2.24) is 9.97 Å². The molecule has 0 atom stereocenters. The zero-order valence-electron chi connectivity index (χ0n) is 7.87. The Bertz CT molecular complexity index is 509. The number of nitrogens with zero attached hydrogens (tertiary/aromatic N) is 1. The average Bonchev–Trinajstić information content (AvgIpc) is 2.59. The van der Waals surface area contributed by atoms with Crippen LogP contribution < -0.4 is 5.32 Å². The standard InChI is InChI=1S/C9H8IN3O2/c1-15-9(14)13-8-11-6-3-2-5(10)4-7(6)12-8/h2-4H,1H3,(H2,11,12,13,14). The zero-order valence-corrected chi connectivity index (χ0v) is 10.0. The molecule has 1 heterocycles. The fourth-order valence-corrected chi connectivity index (χ4v) is 1.68. The molecule has 0 radical (unpaired) electrons. The molecule has 0 bridgehead atoms. The van der Waals surface area contributed by atoms with Crippen molar-refractivity contribution in [3.63, 3.8) is 0 Å². The van der Waals surface area contributed by atoms with Gasteiger partial charge in [-0.05, 0) is 40.8 Å². The SMILES string of the molecule is COC(=O)Nc1nc2ccc(I)cc2[nH]1. The first-order valence-electron chi connectivity index (χ1n) is 4.19. The quantitative estimate of drug-likeness (QED) is 0.794. The van der Waals surface area contributed by atoms with E-state index in [1.807, 2.05) is 18.2 Å². The number of fused-ring (bicyclic) bond motifs is 1. The molecule has 0 saturated carbocycles. The number of hydrogen-bond acceptors (Lipinski definition) is 3. The van der Waals surface area contributed by atoms with E-state index in [9.17, 15) is 4.79 Å². The van der Waals surface area contributed by atoms with Gasteiger partial charge in [0, 0.05) is 3.57 Å². The van der Waals surface area contributed by atoms with Crippen LogP contribution in [0.3, 0.4) is 0 Å². The van der Waals surface area contributed by atoms with Crippen molar-refractivity contribution in [2.45, 2.75) is 0 Å². The van der Waals surface area contributed by atoms with Gasteiger partial charge in [0.1, 0.15) is 0 Å². The molecule has 0 unspecified atom stereocenters. The number of aromatic amines is 1. The van der Waals surface area contributed by atoms with Crippen LogP contribution >= 0.6 is 22.6 Å². The van der Waals surface area contributed by atoms with Gasteiger partial charge < -0.3 is 9.72 Å². The number of H-pyrrole nitrogens is 1. The number of anilines is 1. The van der Waals surface area contributed by atoms with Gasteiger partial charge >= 0.3 is 6.09 Å². The molecule has 5 nitrogen and oxygen atoms in total. The highest BCUT2D eigenvalue weighted by Gasteiger charge is 2.06. The summed E-state index contributed by atoms with van der Waals surface area (Å²) in [4.78, 5) is 18.1. The van der Waals surface area contributed by atoms with Crippen LogP contribution in [0.4, 0.5) is 10.7 Å². The Morgan fingerprint density at radius 1 is 1.60 bits per heavy atom. The molecule has 0 aliphatic heterocycles. The summed E-state index contributed by atoms with van der Waals surface area (Å²) in [7, 11) is 1.31. The number of hydrogen-bond donors (Lipinski definition) is 2. The molecule has 15 heavy (non-hydrogen) atoms. The lowest BCUT2D eigenvalue weighted by molar-refractivity contribution is 0.186. The van der Waals surface area contributed by atoms with Crippen molar-refractivity contribution >= 4 is 45.7 Å². The maximum absolute atomic E-state index is 10.9. The average molecular weight is 317 g/mol. The minimum atomic E-state index is -0.538. The summed E-state index contributed by atoms with van der Waals surface area (Å²) < 4.78 is 5.57. The molecule has 1 amide bonds. The number of rotatable bonds is 1. The van der Waals surface area contributed by atoms with Crippen LogP contribution in [0.15, 0.2) is 18.2 Å². The van der Waals surface area contributed by atoms with Crippen molar-refractivity contribution in [1.29, 1.82) is 0 Å². The van der Waals surface area contributed by atoms with E-state index in [0.717, 1.165) is 14.6 Å². The van der Waals surface area contributed by atoms with E-state index in [1.165, 1.54) is 7.11 Å². The first-order valence-corrected chi connectivity index (χ1v) is 5.27. The van der Waals surface area contributed by atoms with Gasteiger partial charge in [-0.15, -0.1) is 0 Å². The predicted octanol–water partition coefficient (Wildman–Crippen LogP) is 2.35. The van der Waals surface area contributed by atoms with Gasteiger partial charge in [0.25, 0.3) is 0 Å². The lowest BCUT2D eigenvalue weighted by Crippen LogP contribution is -2.11. The summed E-state index contributed by atoms with van der Waals surface area (Å²) >= 11 is 2.21. The molecule has 1 aromatic heterocycles. The molecule has 2 N–H and O–H groups in total. The van der Waals surface area contributed by atoms with Crippen LogP contribution in [0.2, 0.25) is 0 Å². The molecule has 78 valence electrons. The molecular weight excluding hydrogens is 309 g/mol. The minimum Gasteiger partial charge on any atom is -0.453 e. The highest BCUT2D eigenvalue weighted by Crippen LogP contribution is 2.17. The molecule has 1 aromatic carbocycles. The lowest BCUT2D eigenvalue weighted by atomic mass is 10.3. The van der Waals surface area contributed by atoms with Crippen molar-refractivity contribution < 1.29 is 9.53 Å². The Morgan fingerprint density at radius 2 is 2.40 bits per heavy atom. The van der Waals surface area contributed by atoms with E-state index in [1.54, 1.807) is 0 Å². The van der Waals surface area contributed by atoms with Crippen LogP contribution in [0, 0.1) is 3.57 Å². The Kier molecular flexibility index (Phi) is 2.76. The normalized spacial score (nSPS) is 10.3. The van der Waals surface area contributed by atoms with Gasteiger partial charge in [0.2, 0.25) is 5.95 Å². The summed E-state index contributed by atoms with van der Waals surface area (Å²) in [6.07, 6.45) is -0.538. The molecule has 6 heteroatoms. The lowest BCUT2D eigenvalue weighted by Gasteiger charge is -1.96. The molecule has 0 fully saturated rings. The van der Waals surface area contributed by atoms with Gasteiger partial charge in [0.05, 0.1) is 18.1 Å². The Labute approximate surface area is 99.4 Å². The van der Waals surface area contributed by atoms with Gasteiger partial charge in [-0.25, -0.2) is 9.78 Å². The maximum Gasteiger partial charge on any atom is 0.413 e. The topological polar surface area (TPSA) is 67.0 Å². The maximum atomic E-state index is 10.9. The number of ether oxygens (including phenoxy) is 1. The number of benzene rings is 1. The second-order valence-electron chi connectivity index (χ2n) is 2.86. The number of methoxy groups -OCH3 is 1. The fourth-order valence-electron chi connectivity index (χ4n) is 1.19. The molecule has 2 aromatic rings. The Balaban J connectivity index is 2.34. The van der Waals surface area contributed by atoms with E-state index in [0.29, 0.717) is 5.95 Å². The predicted molar refractivity (Wildman–Crippen MR) is 64.8 cm³/mol. The van der Waals surface area contributed by atoms with Gasteiger partial charge in [-0.2, -0.15) is 0 Å². The molecule has 0 saturated heterocycles. The highest BCUT2D eigenvalue weighted by atomic mass is 127. The number of carbonyl (C=O) groups excluding carboxylic acids is 1. The van der Waals surface area contributed by atoms with Crippen LogP contribution in [-0.2, 0) is 4.74 Å². The molecule has 0 aliphatic carbocycles. The van der Waals surface area contributed by atoms with Gasteiger partial charge in [-0.1, -0.05) is 0 Å². The van der Waals surface area contributed by atoms with E-state index in [2.05, 4.69) is 42.6 Å². The van der Waals surface area contributed by atoms with Gasteiger partial charge in [-0.3, -0.25) is 5.32 Å². The van der Waals surface area contributed by atoms with Crippen LogP contribution in [0.25, 0.3) is 11.0 Å². The zero-order chi connectivity index (χ0) is 10.8. The molecule has 0 aliphatic rings. The van der Waals surface area contributed by atoms with E-state index in [4.69, 9.17) is 0 Å². The monoisotopic (exact) mass is 317 g/mol. The van der Waals surface area contributed by atoms with Crippen molar-refractivity contribution in [3.8, 4) is 0 Å². The number of carbonyl (C=O) groups is 1. The first kappa shape index (κ1) is 10.2. The van der Waals surface area contributed by atoms with Gasteiger partial charge in [0.15, 0.2) is 0 Å². The number of aromatic nitrogens is 2. The number of halogens is 1. The van der Waals surface area contributed by atoms with E-state index >= 15 is 0 Å². The highest BCUT2D eigenvalue weighted by molar-refractivity contribution is 14.1.